The van der Waals surface area contributed by atoms with Gasteiger partial charge >= 0.3 is 0 Å². The summed E-state index contributed by atoms with van der Waals surface area (Å²) in [5, 5.41) is 6.50. The van der Waals surface area contributed by atoms with Crippen molar-refractivity contribution in [2.24, 2.45) is 0 Å². The molecule has 4 aromatic rings. The summed E-state index contributed by atoms with van der Waals surface area (Å²) in [5.41, 5.74) is 1.69. The zero-order valence-electron chi connectivity index (χ0n) is 20.5. The first-order chi connectivity index (χ1) is 18.4. The molecule has 2 amide bonds. The Morgan fingerprint density at radius 2 is 1.47 bits per heavy atom. The van der Waals surface area contributed by atoms with Gasteiger partial charge in [0.15, 0.2) is 0 Å². The van der Waals surface area contributed by atoms with Crippen molar-refractivity contribution in [1.29, 1.82) is 0 Å². The number of thiophene rings is 2. The lowest BCUT2D eigenvalue weighted by atomic mass is 9.89. The zero-order chi connectivity index (χ0) is 26.5. The topological polar surface area (TPSA) is 86.8 Å². The van der Waals surface area contributed by atoms with Crippen LogP contribution in [0.5, 0.6) is 0 Å². The Labute approximate surface area is 230 Å². The van der Waals surface area contributed by atoms with Crippen LogP contribution in [0.15, 0.2) is 99.9 Å². The van der Waals surface area contributed by atoms with Crippen molar-refractivity contribution < 1.29 is 18.0 Å². The molecule has 7 nitrogen and oxygen atoms in total. The van der Waals surface area contributed by atoms with E-state index in [2.05, 4.69) is 5.32 Å². The summed E-state index contributed by atoms with van der Waals surface area (Å²) >= 11 is 2.63. The van der Waals surface area contributed by atoms with Crippen LogP contribution in [0.2, 0.25) is 0 Å². The smallest absolute Gasteiger partial charge is 0.253 e. The molecule has 1 aliphatic rings. The molecule has 196 valence electrons. The highest BCUT2D eigenvalue weighted by Crippen LogP contribution is 2.30. The van der Waals surface area contributed by atoms with Crippen molar-refractivity contribution in [1.82, 2.24) is 14.5 Å². The maximum atomic E-state index is 14.0. The van der Waals surface area contributed by atoms with Crippen LogP contribution in [-0.4, -0.2) is 55.1 Å². The molecule has 1 N–H and O–H groups in total. The fourth-order valence-electron chi connectivity index (χ4n) is 4.65. The summed E-state index contributed by atoms with van der Waals surface area (Å²) in [5.74, 6) is -1.15. The lowest BCUT2D eigenvalue weighted by Gasteiger charge is -2.40. The molecule has 1 unspecified atom stereocenters. The maximum absolute atomic E-state index is 14.0. The zero-order valence-corrected chi connectivity index (χ0v) is 22.9. The largest absolute Gasteiger partial charge is 0.350 e. The second-order valence-corrected chi connectivity index (χ2v) is 13.0. The highest BCUT2D eigenvalue weighted by atomic mass is 32.2. The number of carbonyl (C=O) groups is 2. The Balaban J connectivity index is 1.44. The highest BCUT2D eigenvalue weighted by Gasteiger charge is 2.43. The van der Waals surface area contributed by atoms with E-state index in [4.69, 9.17) is 0 Å². The Morgan fingerprint density at radius 1 is 0.842 bits per heavy atom. The van der Waals surface area contributed by atoms with Gasteiger partial charge in [0.25, 0.3) is 10.0 Å². The van der Waals surface area contributed by atoms with Crippen LogP contribution in [0.25, 0.3) is 0 Å². The Hall–Kier alpha value is -3.31. The maximum Gasteiger partial charge on any atom is 0.253 e. The molecule has 2 aromatic heterocycles. The first-order valence-electron chi connectivity index (χ1n) is 12.2. The van der Waals surface area contributed by atoms with E-state index in [1.807, 2.05) is 78.2 Å². The van der Waals surface area contributed by atoms with Crippen molar-refractivity contribution in [3.05, 3.63) is 112 Å². The van der Waals surface area contributed by atoms with Crippen molar-refractivity contribution in [2.45, 2.75) is 22.7 Å². The van der Waals surface area contributed by atoms with Gasteiger partial charge in [0, 0.05) is 24.5 Å². The minimum Gasteiger partial charge on any atom is -0.350 e. The van der Waals surface area contributed by atoms with Crippen LogP contribution in [0.4, 0.5) is 0 Å². The average molecular weight is 566 g/mol. The molecule has 10 heteroatoms. The quantitative estimate of drug-likeness (QED) is 0.348. The predicted molar refractivity (Wildman–Crippen MR) is 149 cm³/mol. The first-order valence-corrected chi connectivity index (χ1v) is 15.4. The van der Waals surface area contributed by atoms with Gasteiger partial charge in [0.1, 0.15) is 10.3 Å². The molecule has 0 radical (unpaired) electrons. The molecule has 1 atom stereocenters. The number of hydrogen-bond acceptors (Lipinski definition) is 6. The van der Waals surface area contributed by atoms with Gasteiger partial charge in [-0.05, 0) is 34.0 Å². The number of sulfonamides is 1. The van der Waals surface area contributed by atoms with E-state index in [-0.39, 0.29) is 29.8 Å². The highest BCUT2D eigenvalue weighted by molar-refractivity contribution is 7.91. The normalized spacial score (nSPS) is 16.4. The number of benzene rings is 2. The van der Waals surface area contributed by atoms with Crippen molar-refractivity contribution in [3.63, 3.8) is 0 Å². The number of rotatable bonds is 8. The van der Waals surface area contributed by atoms with E-state index in [1.165, 1.54) is 15.6 Å². The monoisotopic (exact) mass is 565 g/mol. The van der Waals surface area contributed by atoms with Gasteiger partial charge in [-0.1, -0.05) is 72.8 Å². The molecule has 38 heavy (non-hydrogen) atoms. The second-order valence-electron chi connectivity index (χ2n) is 8.90. The van der Waals surface area contributed by atoms with E-state index < -0.39 is 27.9 Å². The van der Waals surface area contributed by atoms with Gasteiger partial charge in [-0.15, -0.1) is 22.7 Å². The molecule has 1 fully saturated rings. The van der Waals surface area contributed by atoms with Gasteiger partial charge in [0.05, 0.1) is 12.5 Å². The lowest BCUT2D eigenvalue weighted by Crippen LogP contribution is -2.61. The van der Waals surface area contributed by atoms with E-state index >= 15 is 0 Å². The lowest BCUT2D eigenvalue weighted by molar-refractivity contribution is -0.136. The predicted octanol–water partition coefficient (Wildman–Crippen LogP) is 4.16. The van der Waals surface area contributed by atoms with E-state index in [1.54, 1.807) is 22.4 Å². The van der Waals surface area contributed by atoms with E-state index in [0.717, 1.165) is 27.3 Å². The molecule has 0 bridgehead atoms. The summed E-state index contributed by atoms with van der Waals surface area (Å²) in [6.45, 7) is 0.480. The van der Waals surface area contributed by atoms with Crippen LogP contribution < -0.4 is 5.32 Å². The third kappa shape index (κ3) is 5.58. The van der Waals surface area contributed by atoms with Crippen LogP contribution >= 0.6 is 22.7 Å². The standard InChI is InChI=1S/C28H27N3O4S3/c32-27(29-19-23-13-7-17-36-23)24-20-30(15-16-31(24)38(34,35)25-14-8-18-37-25)28(33)26(21-9-3-1-4-10-21)22-11-5-2-6-12-22/h1-14,17-18,24,26H,15-16,19-20H2,(H,29,32). The molecule has 0 saturated carbocycles. The average Bonchev–Trinajstić information content (AvgIpc) is 3.68. The summed E-state index contributed by atoms with van der Waals surface area (Å²) in [7, 11) is -3.90. The van der Waals surface area contributed by atoms with Crippen molar-refractivity contribution in [2.75, 3.05) is 19.6 Å². The van der Waals surface area contributed by atoms with Crippen molar-refractivity contribution in [3.8, 4) is 0 Å². The molecule has 5 rings (SSSR count). The fraction of sp³-hybridized carbons (Fsp3) is 0.214. The molecule has 0 aliphatic carbocycles. The number of carbonyl (C=O) groups excluding carboxylic acids is 2. The SMILES string of the molecule is O=C(NCc1cccs1)C1CN(C(=O)C(c2ccccc2)c2ccccc2)CCN1S(=O)(=O)c1cccs1. The molecule has 1 saturated heterocycles. The number of nitrogens with zero attached hydrogens (tertiary/aromatic N) is 2. The van der Waals surface area contributed by atoms with Gasteiger partial charge in [-0.2, -0.15) is 4.31 Å². The Morgan fingerprint density at radius 3 is 2.05 bits per heavy atom. The molecule has 3 heterocycles. The van der Waals surface area contributed by atoms with Gasteiger partial charge in [0.2, 0.25) is 11.8 Å². The second kappa shape index (κ2) is 11.6. The van der Waals surface area contributed by atoms with E-state index in [9.17, 15) is 18.0 Å². The Kier molecular flexibility index (Phi) is 8.04. The van der Waals surface area contributed by atoms with Gasteiger partial charge in [-0.25, -0.2) is 8.42 Å². The van der Waals surface area contributed by atoms with Crippen LogP contribution in [0.3, 0.4) is 0 Å². The number of hydrogen-bond donors (Lipinski definition) is 1. The number of piperazine rings is 1. The van der Waals surface area contributed by atoms with Crippen LogP contribution in [0, 0.1) is 0 Å². The number of nitrogens with one attached hydrogen (secondary N) is 1. The summed E-state index contributed by atoms with van der Waals surface area (Å²) in [4.78, 5) is 30.1. The minimum absolute atomic E-state index is 0.0271. The summed E-state index contributed by atoms with van der Waals surface area (Å²) in [6.07, 6.45) is 0. The van der Waals surface area contributed by atoms with Gasteiger partial charge < -0.3 is 10.2 Å². The first kappa shape index (κ1) is 26.3. The fourth-order valence-corrected chi connectivity index (χ4v) is 7.98. The van der Waals surface area contributed by atoms with E-state index in [0.29, 0.717) is 6.54 Å². The van der Waals surface area contributed by atoms with Crippen molar-refractivity contribution >= 4 is 44.5 Å². The van der Waals surface area contributed by atoms with Crippen LogP contribution in [0.1, 0.15) is 21.9 Å². The third-order valence-electron chi connectivity index (χ3n) is 6.53. The minimum atomic E-state index is -3.90. The molecule has 2 aromatic carbocycles. The summed E-state index contributed by atoms with van der Waals surface area (Å²) in [6, 6.07) is 25.0. The third-order valence-corrected chi connectivity index (χ3v) is 10.7. The van der Waals surface area contributed by atoms with Crippen LogP contribution in [-0.2, 0) is 26.2 Å². The Bertz CT molecular complexity index is 1420. The molecular formula is C28H27N3O4S3. The molecule has 1 aliphatic heterocycles. The molecular weight excluding hydrogens is 539 g/mol. The number of amides is 2. The van der Waals surface area contributed by atoms with Gasteiger partial charge in [-0.3, -0.25) is 9.59 Å². The summed E-state index contributed by atoms with van der Waals surface area (Å²) < 4.78 is 28.4. The molecule has 0 spiro atoms.